The molecule has 1 aromatic heterocycles. The molecule has 2 amide bonds. The minimum absolute atomic E-state index is 0.0670. The van der Waals surface area contributed by atoms with Gasteiger partial charge < -0.3 is 15.2 Å². The standard InChI is InChI=1S/C29H28BrN5O3/c30-23-10-6-9-22(17-23)27-33-26(38-34-27)19-35-15-13-21(14-16-35)28(36)32-25-12-5-4-11-24(25)29(37)31-18-20-7-2-1-3-8-20/h1-12,17,21H,13-16,18-19H2,(H,31,37)(H,32,36). The van der Waals surface area contributed by atoms with Crippen LogP contribution in [0.4, 0.5) is 5.69 Å². The molecule has 8 nitrogen and oxygen atoms in total. The van der Waals surface area contributed by atoms with E-state index in [1.807, 2.05) is 60.7 Å². The van der Waals surface area contributed by atoms with Crippen LogP contribution in [0.25, 0.3) is 11.4 Å². The third-order valence-electron chi connectivity index (χ3n) is 6.59. The lowest BCUT2D eigenvalue weighted by Gasteiger charge is -2.30. The number of hydrogen-bond donors (Lipinski definition) is 2. The predicted octanol–water partition coefficient (Wildman–Crippen LogP) is 5.28. The number of nitrogens with zero attached hydrogens (tertiary/aromatic N) is 3. The van der Waals surface area contributed by atoms with Crippen molar-refractivity contribution in [3.63, 3.8) is 0 Å². The van der Waals surface area contributed by atoms with Gasteiger partial charge in [0.1, 0.15) is 0 Å². The van der Waals surface area contributed by atoms with E-state index < -0.39 is 0 Å². The maximum Gasteiger partial charge on any atom is 0.253 e. The van der Waals surface area contributed by atoms with E-state index in [9.17, 15) is 9.59 Å². The van der Waals surface area contributed by atoms with E-state index in [-0.39, 0.29) is 17.7 Å². The molecule has 194 valence electrons. The molecule has 0 radical (unpaired) electrons. The fourth-order valence-electron chi connectivity index (χ4n) is 4.51. The van der Waals surface area contributed by atoms with Crippen molar-refractivity contribution in [3.8, 4) is 11.4 Å². The van der Waals surface area contributed by atoms with Crippen LogP contribution >= 0.6 is 15.9 Å². The topological polar surface area (TPSA) is 100 Å². The summed E-state index contributed by atoms with van der Waals surface area (Å²) >= 11 is 3.46. The average molecular weight is 574 g/mol. The summed E-state index contributed by atoms with van der Waals surface area (Å²) in [5.41, 5.74) is 2.88. The van der Waals surface area contributed by atoms with Gasteiger partial charge in [0.2, 0.25) is 17.6 Å². The number of rotatable bonds is 8. The Bertz CT molecular complexity index is 1400. The second-order valence-electron chi connectivity index (χ2n) is 9.28. The Morgan fingerprint density at radius 1 is 0.974 bits per heavy atom. The molecule has 38 heavy (non-hydrogen) atoms. The lowest BCUT2D eigenvalue weighted by molar-refractivity contribution is -0.121. The summed E-state index contributed by atoms with van der Waals surface area (Å²) < 4.78 is 6.42. The number of likely N-dealkylation sites (tertiary alicyclic amines) is 1. The minimum atomic E-state index is -0.221. The summed E-state index contributed by atoms with van der Waals surface area (Å²) in [5.74, 6) is 0.691. The number of nitrogens with one attached hydrogen (secondary N) is 2. The first-order valence-electron chi connectivity index (χ1n) is 12.6. The maximum absolute atomic E-state index is 13.1. The molecule has 0 spiro atoms. The number of anilines is 1. The van der Waals surface area contributed by atoms with Crippen molar-refractivity contribution >= 4 is 33.4 Å². The third kappa shape index (κ3) is 6.54. The number of amides is 2. The van der Waals surface area contributed by atoms with Crippen molar-refractivity contribution in [1.29, 1.82) is 0 Å². The molecule has 1 fully saturated rings. The number of halogens is 1. The van der Waals surface area contributed by atoms with Gasteiger partial charge in [-0.2, -0.15) is 4.98 Å². The van der Waals surface area contributed by atoms with Crippen LogP contribution in [0.3, 0.4) is 0 Å². The Morgan fingerprint density at radius 3 is 2.53 bits per heavy atom. The van der Waals surface area contributed by atoms with Gasteiger partial charge in [0, 0.05) is 22.5 Å². The smallest absolute Gasteiger partial charge is 0.253 e. The van der Waals surface area contributed by atoms with Gasteiger partial charge in [0.15, 0.2) is 0 Å². The van der Waals surface area contributed by atoms with Crippen molar-refractivity contribution < 1.29 is 14.1 Å². The first kappa shape index (κ1) is 25.8. The predicted molar refractivity (Wildman–Crippen MR) is 148 cm³/mol. The molecule has 0 unspecified atom stereocenters. The molecule has 0 saturated carbocycles. The number of benzene rings is 3. The van der Waals surface area contributed by atoms with Gasteiger partial charge in [-0.15, -0.1) is 0 Å². The fourth-order valence-corrected chi connectivity index (χ4v) is 4.91. The average Bonchev–Trinajstić information content (AvgIpc) is 3.41. The Hall–Kier alpha value is -3.82. The number of para-hydroxylation sites is 1. The molecule has 1 saturated heterocycles. The normalized spacial score (nSPS) is 14.2. The van der Waals surface area contributed by atoms with E-state index in [1.165, 1.54) is 0 Å². The van der Waals surface area contributed by atoms with Crippen molar-refractivity contribution in [2.24, 2.45) is 5.92 Å². The van der Waals surface area contributed by atoms with Gasteiger partial charge in [-0.1, -0.05) is 75.7 Å². The Kier molecular flexibility index (Phi) is 8.25. The van der Waals surface area contributed by atoms with Gasteiger partial charge >= 0.3 is 0 Å². The first-order valence-corrected chi connectivity index (χ1v) is 13.4. The van der Waals surface area contributed by atoms with Gasteiger partial charge in [0.05, 0.1) is 17.8 Å². The van der Waals surface area contributed by atoms with E-state index in [0.717, 1.165) is 28.7 Å². The zero-order chi connectivity index (χ0) is 26.3. The second-order valence-corrected chi connectivity index (χ2v) is 10.2. The van der Waals surface area contributed by atoms with Crippen LogP contribution in [0.2, 0.25) is 0 Å². The van der Waals surface area contributed by atoms with Crippen molar-refractivity contribution in [2.45, 2.75) is 25.9 Å². The van der Waals surface area contributed by atoms with Gasteiger partial charge in [-0.3, -0.25) is 14.5 Å². The number of hydrogen-bond acceptors (Lipinski definition) is 6. The Labute approximate surface area is 229 Å². The molecule has 0 aliphatic carbocycles. The van der Waals surface area contributed by atoms with Gasteiger partial charge in [0.25, 0.3) is 5.91 Å². The zero-order valence-electron chi connectivity index (χ0n) is 20.8. The molecule has 4 aromatic rings. The summed E-state index contributed by atoms with van der Waals surface area (Å²) in [7, 11) is 0. The largest absolute Gasteiger partial charge is 0.348 e. The molecule has 2 N–H and O–H groups in total. The van der Waals surface area contributed by atoms with Crippen LogP contribution in [0.15, 0.2) is 87.9 Å². The number of aromatic nitrogens is 2. The highest BCUT2D eigenvalue weighted by Gasteiger charge is 2.27. The maximum atomic E-state index is 13.1. The molecular weight excluding hydrogens is 546 g/mol. The molecular formula is C29H28BrN5O3. The lowest BCUT2D eigenvalue weighted by Crippen LogP contribution is -2.38. The van der Waals surface area contributed by atoms with Crippen molar-refractivity contribution in [2.75, 3.05) is 18.4 Å². The fraction of sp³-hybridized carbons (Fsp3) is 0.241. The minimum Gasteiger partial charge on any atom is -0.348 e. The van der Waals surface area contributed by atoms with Crippen LogP contribution in [0.1, 0.15) is 34.7 Å². The summed E-state index contributed by atoms with van der Waals surface area (Å²) in [6.45, 7) is 2.45. The Balaban J connectivity index is 1.13. The number of carbonyl (C=O) groups is 2. The van der Waals surface area contributed by atoms with E-state index in [4.69, 9.17) is 4.52 Å². The molecule has 1 aliphatic rings. The molecule has 1 aliphatic heterocycles. The van der Waals surface area contributed by atoms with Crippen molar-refractivity contribution in [3.05, 3.63) is 100 Å². The van der Waals surface area contributed by atoms with E-state index >= 15 is 0 Å². The van der Waals surface area contributed by atoms with E-state index in [2.05, 4.69) is 41.6 Å². The summed E-state index contributed by atoms with van der Waals surface area (Å²) in [6, 6.07) is 24.6. The van der Waals surface area contributed by atoms with Crippen molar-refractivity contribution in [1.82, 2.24) is 20.4 Å². The molecule has 3 aromatic carbocycles. The van der Waals surface area contributed by atoms with Crippen LogP contribution < -0.4 is 10.6 Å². The number of carbonyl (C=O) groups excluding carboxylic acids is 2. The first-order chi connectivity index (χ1) is 18.5. The van der Waals surface area contributed by atoms with Gasteiger partial charge in [-0.25, -0.2) is 0 Å². The molecule has 9 heteroatoms. The van der Waals surface area contributed by atoms with Crippen LogP contribution in [0, 0.1) is 5.92 Å². The molecule has 0 atom stereocenters. The second kappa shape index (κ2) is 12.1. The molecule has 2 heterocycles. The highest BCUT2D eigenvalue weighted by molar-refractivity contribution is 9.10. The lowest BCUT2D eigenvalue weighted by atomic mass is 9.95. The third-order valence-corrected chi connectivity index (χ3v) is 7.09. The highest BCUT2D eigenvalue weighted by atomic mass is 79.9. The molecule has 5 rings (SSSR count). The monoisotopic (exact) mass is 573 g/mol. The summed E-state index contributed by atoms with van der Waals surface area (Å²) in [5, 5.41) is 10.0. The van der Waals surface area contributed by atoms with Crippen LogP contribution in [-0.2, 0) is 17.9 Å². The van der Waals surface area contributed by atoms with Gasteiger partial charge in [-0.05, 0) is 55.8 Å². The summed E-state index contributed by atoms with van der Waals surface area (Å²) in [6.07, 6.45) is 1.42. The quantitative estimate of drug-likeness (QED) is 0.297. The summed E-state index contributed by atoms with van der Waals surface area (Å²) in [4.78, 5) is 32.6. The van der Waals surface area contributed by atoms with E-state index in [0.29, 0.717) is 48.9 Å². The Morgan fingerprint density at radius 2 is 1.74 bits per heavy atom. The van der Waals surface area contributed by atoms with E-state index in [1.54, 1.807) is 18.2 Å². The SMILES string of the molecule is O=C(NCc1ccccc1)c1ccccc1NC(=O)C1CCN(Cc2nc(-c3cccc(Br)c3)no2)CC1. The highest BCUT2D eigenvalue weighted by Crippen LogP contribution is 2.24. The van der Waals surface area contributed by atoms with Crippen LogP contribution in [-0.4, -0.2) is 39.9 Å². The number of piperidine rings is 1. The van der Waals surface area contributed by atoms with Crippen LogP contribution in [0.5, 0.6) is 0 Å². The zero-order valence-corrected chi connectivity index (χ0v) is 22.4. The molecule has 0 bridgehead atoms.